The lowest BCUT2D eigenvalue weighted by Crippen LogP contribution is -2.30. The Morgan fingerprint density at radius 1 is 0.281 bits per heavy atom. The molecule has 3 N–H and O–H groups in total. The summed E-state index contributed by atoms with van der Waals surface area (Å²) in [5.41, 5.74) is 0. The predicted molar refractivity (Wildman–Crippen MR) is 391 cm³/mol. The van der Waals surface area contributed by atoms with Gasteiger partial charge in [0.05, 0.1) is 26.4 Å². The van der Waals surface area contributed by atoms with Gasteiger partial charge in [0.2, 0.25) is 0 Å². The van der Waals surface area contributed by atoms with Gasteiger partial charge in [-0.3, -0.25) is 37.3 Å². The Kier molecular flexibility index (Phi) is 67.4. The van der Waals surface area contributed by atoms with Crippen molar-refractivity contribution in [2.24, 2.45) is 11.8 Å². The summed E-state index contributed by atoms with van der Waals surface area (Å²) in [5.74, 6) is -0.562. The Hall–Kier alpha value is -1.94. The molecule has 19 heteroatoms. The fourth-order valence-electron chi connectivity index (χ4n) is 11.8. The van der Waals surface area contributed by atoms with Crippen LogP contribution < -0.4 is 0 Å². The SMILES string of the molecule is CCCCCCCCCCCCCCCCCCCCCC(=O)O[C@H](COC(=O)CCCCCCCCCCCCCCCC(C)C)COP(=O)(O)OC[C@@H](O)COP(=O)(O)OC[C@@H](COC(=O)CCCCCCCCC)OC(=O)CCCCCCCCCCCCCC(C)C. The van der Waals surface area contributed by atoms with Gasteiger partial charge in [0.15, 0.2) is 12.2 Å². The highest BCUT2D eigenvalue weighted by molar-refractivity contribution is 7.47. The van der Waals surface area contributed by atoms with E-state index in [1.807, 2.05) is 0 Å². The Bertz CT molecular complexity index is 1860. The van der Waals surface area contributed by atoms with Crippen LogP contribution in [0, 0.1) is 11.8 Å². The molecule has 2 unspecified atom stereocenters. The molecule has 0 aromatic rings. The van der Waals surface area contributed by atoms with E-state index in [0.29, 0.717) is 25.7 Å². The zero-order chi connectivity index (χ0) is 70.7. The van der Waals surface area contributed by atoms with Crippen LogP contribution in [0.25, 0.3) is 0 Å². The summed E-state index contributed by atoms with van der Waals surface area (Å²) in [6.45, 7) is 9.58. The minimum absolute atomic E-state index is 0.106. The van der Waals surface area contributed by atoms with Gasteiger partial charge in [0.25, 0.3) is 0 Å². The van der Waals surface area contributed by atoms with Crippen molar-refractivity contribution in [3.8, 4) is 0 Å². The van der Waals surface area contributed by atoms with Crippen LogP contribution in [0.3, 0.4) is 0 Å². The first-order valence-electron chi connectivity index (χ1n) is 40.0. The summed E-state index contributed by atoms with van der Waals surface area (Å²) in [5, 5.41) is 10.6. The van der Waals surface area contributed by atoms with E-state index in [4.69, 9.17) is 37.0 Å². The highest BCUT2D eigenvalue weighted by atomic mass is 31.2. The number of phosphoric ester groups is 2. The van der Waals surface area contributed by atoms with Crippen molar-refractivity contribution < 1.29 is 80.2 Å². The molecular formula is C77H150O17P2. The summed E-state index contributed by atoms with van der Waals surface area (Å²) in [6.07, 6.45) is 57.0. The molecule has 570 valence electrons. The highest BCUT2D eigenvalue weighted by Crippen LogP contribution is 2.45. The summed E-state index contributed by atoms with van der Waals surface area (Å²) >= 11 is 0. The van der Waals surface area contributed by atoms with E-state index in [9.17, 15) is 43.2 Å². The standard InChI is InChI=1S/C77H150O17P2/c1-7-9-11-13-15-16-17-18-19-20-21-22-23-26-32-37-43-49-55-61-76(81)94-73(66-88-75(80)60-54-48-42-36-31-27-24-25-29-34-40-45-51-57-69(3)4)68-92-96(85,86)90-64-71(78)63-89-95(83,84)91-67-72(65-87-74(79)59-53-47-39-14-12-10-8-2)93-77(82)62-56-50-44-38-33-28-30-35-41-46-52-58-70(5)6/h69-73,78H,7-68H2,1-6H3,(H,83,84)(H,85,86)/t71-,72+,73+/m0/s1. The Labute approximate surface area is 588 Å². The van der Waals surface area contributed by atoms with Gasteiger partial charge >= 0.3 is 39.5 Å². The fourth-order valence-corrected chi connectivity index (χ4v) is 13.4. The molecular weight excluding hydrogens is 1260 g/mol. The molecule has 96 heavy (non-hydrogen) atoms. The van der Waals surface area contributed by atoms with Crippen molar-refractivity contribution in [2.75, 3.05) is 39.6 Å². The van der Waals surface area contributed by atoms with E-state index in [0.717, 1.165) is 115 Å². The molecule has 0 bridgehead atoms. The number of carbonyl (C=O) groups is 4. The van der Waals surface area contributed by atoms with Gasteiger partial charge in [-0.1, -0.05) is 350 Å². The Morgan fingerprint density at radius 3 is 0.708 bits per heavy atom. The van der Waals surface area contributed by atoms with Crippen LogP contribution in [0.5, 0.6) is 0 Å². The lowest BCUT2D eigenvalue weighted by Gasteiger charge is -2.21. The van der Waals surface area contributed by atoms with E-state index >= 15 is 0 Å². The second kappa shape index (κ2) is 68.8. The predicted octanol–water partition coefficient (Wildman–Crippen LogP) is 22.7. The van der Waals surface area contributed by atoms with E-state index in [1.165, 1.54) is 205 Å². The van der Waals surface area contributed by atoms with Gasteiger partial charge in [0.1, 0.15) is 19.3 Å². The second-order valence-corrected chi connectivity index (χ2v) is 31.6. The van der Waals surface area contributed by atoms with Crippen molar-refractivity contribution in [2.45, 2.75) is 419 Å². The summed E-state index contributed by atoms with van der Waals surface area (Å²) in [7, 11) is -9.91. The van der Waals surface area contributed by atoms with Crippen molar-refractivity contribution >= 4 is 39.5 Å². The third-order valence-electron chi connectivity index (χ3n) is 18.0. The number of phosphoric acid groups is 2. The van der Waals surface area contributed by atoms with Crippen molar-refractivity contribution in [1.82, 2.24) is 0 Å². The normalized spacial score (nSPS) is 14.0. The number of hydrogen-bond acceptors (Lipinski definition) is 15. The molecule has 17 nitrogen and oxygen atoms in total. The lowest BCUT2D eigenvalue weighted by atomic mass is 10.0. The molecule has 0 aliphatic heterocycles. The molecule has 0 aliphatic rings. The first-order valence-corrected chi connectivity index (χ1v) is 43.0. The summed E-state index contributed by atoms with van der Waals surface area (Å²) in [6, 6.07) is 0. The van der Waals surface area contributed by atoms with Crippen molar-refractivity contribution in [3.05, 3.63) is 0 Å². The van der Waals surface area contributed by atoms with Crippen LogP contribution in [0.1, 0.15) is 401 Å². The number of unbranched alkanes of at least 4 members (excludes halogenated alkanes) is 46. The Balaban J connectivity index is 5.19. The first kappa shape index (κ1) is 94.1. The average Bonchev–Trinajstić information content (AvgIpc) is 1.40. The van der Waals surface area contributed by atoms with Crippen LogP contribution in [0.4, 0.5) is 0 Å². The number of aliphatic hydroxyl groups excluding tert-OH is 1. The molecule has 0 saturated heterocycles. The quantitative estimate of drug-likeness (QED) is 0.0222. The zero-order valence-electron chi connectivity index (χ0n) is 62.7. The largest absolute Gasteiger partial charge is 0.472 e. The molecule has 0 aromatic carbocycles. The van der Waals surface area contributed by atoms with Gasteiger partial charge in [-0.25, -0.2) is 9.13 Å². The molecule has 0 amide bonds. The van der Waals surface area contributed by atoms with E-state index in [1.54, 1.807) is 0 Å². The zero-order valence-corrected chi connectivity index (χ0v) is 64.5. The van der Waals surface area contributed by atoms with Crippen LogP contribution in [-0.4, -0.2) is 96.7 Å². The molecule has 0 heterocycles. The molecule has 0 aromatic heterocycles. The maximum atomic E-state index is 13.1. The first-order chi connectivity index (χ1) is 46.4. The van der Waals surface area contributed by atoms with Gasteiger partial charge in [-0.15, -0.1) is 0 Å². The smallest absolute Gasteiger partial charge is 0.462 e. The number of hydrogen-bond donors (Lipinski definition) is 3. The number of aliphatic hydroxyl groups is 1. The van der Waals surface area contributed by atoms with Crippen LogP contribution in [0.15, 0.2) is 0 Å². The maximum Gasteiger partial charge on any atom is 0.472 e. The highest BCUT2D eigenvalue weighted by Gasteiger charge is 2.30. The number of esters is 4. The van der Waals surface area contributed by atoms with Crippen LogP contribution in [-0.2, 0) is 65.4 Å². The molecule has 0 saturated carbocycles. The lowest BCUT2D eigenvalue weighted by molar-refractivity contribution is -0.161. The van der Waals surface area contributed by atoms with E-state index in [-0.39, 0.29) is 25.7 Å². The van der Waals surface area contributed by atoms with Gasteiger partial charge < -0.3 is 33.8 Å². The minimum Gasteiger partial charge on any atom is -0.462 e. The monoisotopic (exact) mass is 1410 g/mol. The number of ether oxygens (including phenoxy) is 4. The van der Waals surface area contributed by atoms with Gasteiger partial charge in [0, 0.05) is 25.7 Å². The molecule has 0 radical (unpaired) electrons. The maximum absolute atomic E-state index is 13.1. The van der Waals surface area contributed by atoms with Crippen LogP contribution >= 0.6 is 15.6 Å². The summed E-state index contributed by atoms with van der Waals surface area (Å²) in [4.78, 5) is 72.7. The average molecular weight is 1410 g/mol. The number of rotatable bonds is 76. The number of carbonyl (C=O) groups excluding carboxylic acids is 4. The van der Waals surface area contributed by atoms with Gasteiger partial charge in [-0.05, 0) is 37.5 Å². The molecule has 0 rings (SSSR count). The van der Waals surface area contributed by atoms with Crippen LogP contribution in [0.2, 0.25) is 0 Å². The fraction of sp³-hybridized carbons (Fsp3) is 0.948. The van der Waals surface area contributed by atoms with E-state index < -0.39 is 97.5 Å². The van der Waals surface area contributed by atoms with Gasteiger partial charge in [-0.2, -0.15) is 0 Å². The third-order valence-corrected chi connectivity index (χ3v) is 19.9. The second-order valence-electron chi connectivity index (χ2n) is 28.7. The van der Waals surface area contributed by atoms with E-state index in [2.05, 4.69) is 41.5 Å². The third kappa shape index (κ3) is 70.5. The molecule has 0 spiro atoms. The Morgan fingerprint density at radius 2 is 0.479 bits per heavy atom. The summed E-state index contributed by atoms with van der Waals surface area (Å²) < 4.78 is 68.5. The molecule has 0 fully saturated rings. The molecule has 0 aliphatic carbocycles. The van der Waals surface area contributed by atoms with Crippen molar-refractivity contribution in [3.63, 3.8) is 0 Å². The van der Waals surface area contributed by atoms with Crippen molar-refractivity contribution in [1.29, 1.82) is 0 Å². The minimum atomic E-state index is -4.96. The topological polar surface area (TPSA) is 237 Å². The molecule has 5 atom stereocenters.